The van der Waals surface area contributed by atoms with Crippen molar-refractivity contribution in [2.45, 2.75) is 18.9 Å². The molecular formula is C25H28N2O3. The largest absolute Gasteiger partial charge is 0.497 e. The number of hydrogen-bond donors (Lipinski definition) is 0. The highest BCUT2D eigenvalue weighted by molar-refractivity contribution is 5.77. The summed E-state index contributed by atoms with van der Waals surface area (Å²) in [5, 5.41) is 0. The molecule has 1 saturated heterocycles. The topological polar surface area (TPSA) is 45.9 Å². The van der Waals surface area contributed by atoms with E-state index in [-0.39, 0.29) is 11.9 Å². The average Bonchev–Trinajstić information content (AvgIpc) is 3.27. The Bertz CT molecular complexity index is 966. The molecule has 1 aromatic heterocycles. The molecule has 3 aromatic rings. The van der Waals surface area contributed by atoms with Gasteiger partial charge < -0.3 is 19.0 Å². The number of furan rings is 1. The van der Waals surface area contributed by atoms with Gasteiger partial charge in [-0.15, -0.1) is 0 Å². The summed E-state index contributed by atoms with van der Waals surface area (Å²) in [6.45, 7) is 2.51. The average molecular weight is 405 g/mol. The van der Waals surface area contributed by atoms with E-state index in [0.717, 1.165) is 42.5 Å². The van der Waals surface area contributed by atoms with E-state index in [1.54, 1.807) is 7.11 Å². The van der Waals surface area contributed by atoms with Gasteiger partial charge in [0.1, 0.15) is 17.3 Å². The number of ether oxygens (including phenoxy) is 1. The molecule has 5 nitrogen and oxygen atoms in total. The molecule has 4 rings (SSSR count). The molecule has 0 saturated carbocycles. The van der Waals surface area contributed by atoms with Gasteiger partial charge in [0.25, 0.3) is 0 Å². The van der Waals surface area contributed by atoms with Crippen molar-refractivity contribution in [2.24, 2.45) is 0 Å². The number of carbonyl (C=O) groups is 1. The summed E-state index contributed by atoms with van der Waals surface area (Å²) in [6.07, 6.45) is 1.05. The molecule has 156 valence electrons. The van der Waals surface area contributed by atoms with Crippen LogP contribution in [-0.2, 0) is 11.2 Å². The highest BCUT2D eigenvalue weighted by atomic mass is 16.5. The minimum Gasteiger partial charge on any atom is -0.497 e. The fourth-order valence-corrected chi connectivity index (χ4v) is 3.97. The molecule has 1 aliphatic rings. The van der Waals surface area contributed by atoms with Crippen molar-refractivity contribution in [1.29, 1.82) is 0 Å². The van der Waals surface area contributed by atoms with Crippen LogP contribution in [0.25, 0.3) is 11.3 Å². The number of rotatable bonds is 6. The lowest BCUT2D eigenvalue weighted by Crippen LogP contribution is -2.49. The summed E-state index contributed by atoms with van der Waals surface area (Å²) >= 11 is 0. The fraction of sp³-hybridized carbons (Fsp3) is 0.320. The molecule has 1 amide bonds. The SMILES string of the molecule is COc1ccc(-c2ccc(CCC(=O)N3CCN(C)CC3c3ccccc3)o2)cc1. The van der Waals surface area contributed by atoms with Gasteiger partial charge in [-0.2, -0.15) is 0 Å². The van der Waals surface area contributed by atoms with Crippen LogP contribution in [0.5, 0.6) is 5.75 Å². The number of likely N-dealkylation sites (N-methyl/N-ethyl adjacent to an activating group) is 1. The highest BCUT2D eigenvalue weighted by Gasteiger charge is 2.29. The third-order valence-corrected chi connectivity index (χ3v) is 5.71. The summed E-state index contributed by atoms with van der Waals surface area (Å²) in [4.78, 5) is 17.4. The van der Waals surface area contributed by atoms with E-state index in [1.165, 1.54) is 5.56 Å². The van der Waals surface area contributed by atoms with Crippen molar-refractivity contribution < 1.29 is 13.9 Å². The lowest BCUT2D eigenvalue weighted by molar-refractivity contribution is -0.136. The summed E-state index contributed by atoms with van der Waals surface area (Å²) in [7, 11) is 3.76. The zero-order valence-corrected chi connectivity index (χ0v) is 17.6. The fourth-order valence-electron chi connectivity index (χ4n) is 3.97. The molecule has 0 N–H and O–H groups in total. The van der Waals surface area contributed by atoms with Crippen molar-refractivity contribution in [3.63, 3.8) is 0 Å². The second-order valence-corrected chi connectivity index (χ2v) is 7.77. The molecule has 1 aliphatic heterocycles. The zero-order chi connectivity index (χ0) is 20.9. The Balaban J connectivity index is 1.40. The van der Waals surface area contributed by atoms with Crippen LogP contribution in [0.1, 0.15) is 23.8 Å². The van der Waals surface area contributed by atoms with Gasteiger partial charge in [-0.1, -0.05) is 30.3 Å². The standard InChI is InChI=1S/C25H28N2O3/c1-26-16-17-27(23(18-26)19-6-4-3-5-7-19)25(28)15-13-22-12-14-24(30-22)20-8-10-21(29-2)11-9-20/h3-12,14,23H,13,15-18H2,1-2H3. The van der Waals surface area contributed by atoms with Crippen molar-refractivity contribution >= 4 is 5.91 Å². The number of aryl methyl sites for hydroxylation is 1. The monoisotopic (exact) mass is 404 g/mol. The van der Waals surface area contributed by atoms with E-state index in [9.17, 15) is 4.79 Å². The zero-order valence-electron chi connectivity index (χ0n) is 17.6. The van der Waals surface area contributed by atoms with Crippen LogP contribution in [0.3, 0.4) is 0 Å². The van der Waals surface area contributed by atoms with Crippen LogP contribution in [-0.4, -0.2) is 49.5 Å². The van der Waals surface area contributed by atoms with Crippen LogP contribution in [0, 0.1) is 0 Å². The van der Waals surface area contributed by atoms with Gasteiger partial charge in [-0.3, -0.25) is 4.79 Å². The Kier molecular flexibility index (Phi) is 6.19. The van der Waals surface area contributed by atoms with Gasteiger partial charge in [-0.05, 0) is 49.0 Å². The van der Waals surface area contributed by atoms with E-state index < -0.39 is 0 Å². The van der Waals surface area contributed by atoms with E-state index in [0.29, 0.717) is 12.8 Å². The minimum absolute atomic E-state index is 0.101. The van der Waals surface area contributed by atoms with Crippen molar-refractivity contribution in [3.8, 4) is 17.1 Å². The molecule has 0 spiro atoms. The van der Waals surface area contributed by atoms with Crippen molar-refractivity contribution in [2.75, 3.05) is 33.8 Å². The number of benzene rings is 2. The minimum atomic E-state index is 0.101. The predicted molar refractivity (Wildman–Crippen MR) is 117 cm³/mol. The quantitative estimate of drug-likeness (QED) is 0.611. The summed E-state index contributed by atoms with van der Waals surface area (Å²) in [6, 6.07) is 22.1. The number of hydrogen-bond acceptors (Lipinski definition) is 4. The number of amides is 1. The molecule has 0 radical (unpaired) electrons. The van der Waals surface area contributed by atoms with E-state index in [4.69, 9.17) is 9.15 Å². The molecule has 2 heterocycles. The van der Waals surface area contributed by atoms with Gasteiger partial charge in [0.15, 0.2) is 0 Å². The van der Waals surface area contributed by atoms with E-state index in [2.05, 4.69) is 24.1 Å². The third kappa shape index (κ3) is 4.57. The first kappa shape index (κ1) is 20.2. The summed E-state index contributed by atoms with van der Waals surface area (Å²) in [5.41, 5.74) is 2.19. The maximum Gasteiger partial charge on any atom is 0.223 e. The maximum atomic E-state index is 13.1. The smallest absolute Gasteiger partial charge is 0.223 e. The van der Waals surface area contributed by atoms with Crippen LogP contribution in [0.4, 0.5) is 0 Å². The Hall–Kier alpha value is -3.05. The summed E-state index contributed by atoms with van der Waals surface area (Å²) in [5.74, 6) is 2.64. The van der Waals surface area contributed by atoms with Crippen LogP contribution >= 0.6 is 0 Å². The van der Waals surface area contributed by atoms with Gasteiger partial charge in [-0.25, -0.2) is 0 Å². The Morgan fingerprint density at radius 3 is 2.53 bits per heavy atom. The van der Waals surface area contributed by atoms with Gasteiger partial charge in [0, 0.05) is 38.0 Å². The molecule has 0 aliphatic carbocycles. The third-order valence-electron chi connectivity index (χ3n) is 5.71. The first-order chi connectivity index (χ1) is 14.6. The first-order valence-electron chi connectivity index (χ1n) is 10.4. The Labute approximate surface area is 177 Å². The summed E-state index contributed by atoms with van der Waals surface area (Å²) < 4.78 is 11.2. The van der Waals surface area contributed by atoms with Gasteiger partial charge >= 0.3 is 0 Å². The molecule has 30 heavy (non-hydrogen) atoms. The van der Waals surface area contributed by atoms with Crippen LogP contribution in [0.2, 0.25) is 0 Å². The van der Waals surface area contributed by atoms with E-state index >= 15 is 0 Å². The molecule has 1 fully saturated rings. The lowest BCUT2D eigenvalue weighted by atomic mass is 10.0. The predicted octanol–water partition coefficient (Wildman–Crippen LogP) is 4.40. The molecular weight excluding hydrogens is 376 g/mol. The molecule has 2 aromatic carbocycles. The lowest BCUT2D eigenvalue weighted by Gasteiger charge is -2.40. The van der Waals surface area contributed by atoms with Crippen molar-refractivity contribution in [3.05, 3.63) is 78.1 Å². The van der Waals surface area contributed by atoms with E-state index in [1.807, 2.05) is 59.5 Å². The van der Waals surface area contributed by atoms with Crippen LogP contribution < -0.4 is 4.74 Å². The second kappa shape index (κ2) is 9.18. The number of nitrogens with zero attached hydrogens (tertiary/aromatic N) is 2. The normalized spacial score (nSPS) is 17.1. The number of methoxy groups -OCH3 is 1. The van der Waals surface area contributed by atoms with Gasteiger partial charge in [0.05, 0.1) is 13.2 Å². The van der Waals surface area contributed by atoms with Gasteiger partial charge in [0.2, 0.25) is 5.91 Å². The Morgan fingerprint density at radius 2 is 1.80 bits per heavy atom. The molecule has 5 heteroatoms. The number of piperazine rings is 1. The number of carbonyl (C=O) groups excluding carboxylic acids is 1. The molecule has 1 unspecified atom stereocenters. The maximum absolute atomic E-state index is 13.1. The Morgan fingerprint density at radius 1 is 1.03 bits per heavy atom. The first-order valence-corrected chi connectivity index (χ1v) is 10.4. The molecule has 1 atom stereocenters. The molecule has 0 bridgehead atoms. The second-order valence-electron chi connectivity index (χ2n) is 7.77. The van der Waals surface area contributed by atoms with Crippen LogP contribution in [0.15, 0.2) is 71.1 Å². The van der Waals surface area contributed by atoms with Crippen molar-refractivity contribution in [1.82, 2.24) is 9.80 Å². The highest BCUT2D eigenvalue weighted by Crippen LogP contribution is 2.27.